The summed E-state index contributed by atoms with van der Waals surface area (Å²) in [6.07, 6.45) is -1.22. The fourth-order valence-electron chi connectivity index (χ4n) is 4.53. The van der Waals surface area contributed by atoms with Crippen LogP contribution in [0.1, 0.15) is 39.9 Å². The van der Waals surface area contributed by atoms with Gasteiger partial charge in [0.15, 0.2) is 0 Å². The van der Waals surface area contributed by atoms with Gasteiger partial charge in [-0.1, -0.05) is 30.3 Å². The van der Waals surface area contributed by atoms with Gasteiger partial charge in [0.05, 0.1) is 12.6 Å². The van der Waals surface area contributed by atoms with Crippen LogP contribution in [0.4, 0.5) is 20.2 Å². The van der Waals surface area contributed by atoms with Crippen molar-refractivity contribution in [3.05, 3.63) is 82.9 Å². The van der Waals surface area contributed by atoms with Gasteiger partial charge in [-0.3, -0.25) is 4.79 Å². The van der Waals surface area contributed by atoms with E-state index in [1.54, 1.807) is 4.90 Å². The van der Waals surface area contributed by atoms with E-state index in [0.29, 0.717) is 19.6 Å². The van der Waals surface area contributed by atoms with Gasteiger partial charge >= 0.3 is 0 Å². The number of nitrogens with zero attached hydrogens (tertiary/aromatic N) is 1. The molecule has 3 aromatic rings. The molecule has 2 N–H and O–H groups in total. The SMILES string of the molecule is O=C(c1c(O)cc(C(F)F)cc1OCc1ccccc1)N1CCc2cc(NC3CCOC3)ccc21. The monoisotopic (exact) mass is 480 g/mol. The van der Waals surface area contributed by atoms with Crippen molar-refractivity contribution in [2.45, 2.75) is 31.9 Å². The Morgan fingerprint density at radius 2 is 2.00 bits per heavy atom. The molecule has 3 aromatic carbocycles. The van der Waals surface area contributed by atoms with Gasteiger partial charge in [-0.2, -0.15) is 0 Å². The van der Waals surface area contributed by atoms with Crippen molar-refractivity contribution in [2.75, 3.05) is 30.0 Å². The van der Waals surface area contributed by atoms with Crippen LogP contribution in [-0.2, 0) is 17.8 Å². The van der Waals surface area contributed by atoms with Crippen LogP contribution < -0.4 is 15.0 Å². The molecule has 6 nitrogen and oxygen atoms in total. The first-order chi connectivity index (χ1) is 17.0. The third kappa shape index (κ3) is 4.93. The molecule has 5 rings (SSSR count). The lowest BCUT2D eigenvalue weighted by Crippen LogP contribution is -2.29. The van der Waals surface area contributed by atoms with E-state index in [9.17, 15) is 18.7 Å². The molecule has 0 bridgehead atoms. The average molecular weight is 481 g/mol. The summed E-state index contributed by atoms with van der Waals surface area (Å²) in [5, 5.41) is 14.1. The molecular weight excluding hydrogens is 454 g/mol. The third-order valence-electron chi connectivity index (χ3n) is 6.33. The van der Waals surface area contributed by atoms with Crippen molar-refractivity contribution in [3.8, 4) is 11.5 Å². The summed E-state index contributed by atoms with van der Waals surface area (Å²) in [6.45, 7) is 1.90. The van der Waals surface area contributed by atoms with Crippen LogP contribution in [0.5, 0.6) is 11.5 Å². The second-order valence-corrected chi connectivity index (χ2v) is 8.74. The first-order valence-electron chi connectivity index (χ1n) is 11.6. The molecule has 1 atom stereocenters. The Hall–Kier alpha value is -3.65. The average Bonchev–Trinajstić information content (AvgIpc) is 3.52. The van der Waals surface area contributed by atoms with Crippen LogP contribution in [0, 0.1) is 0 Å². The number of phenols is 1. The van der Waals surface area contributed by atoms with E-state index >= 15 is 0 Å². The van der Waals surface area contributed by atoms with E-state index in [1.165, 1.54) is 0 Å². The highest BCUT2D eigenvalue weighted by atomic mass is 19.3. The van der Waals surface area contributed by atoms with Gasteiger partial charge < -0.3 is 24.8 Å². The summed E-state index contributed by atoms with van der Waals surface area (Å²) in [4.78, 5) is 15.1. The molecule has 2 heterocycles. The number of carbonyl (C=O) groups excluding carboxylic acids is 1. The molecule has 2 aliphatic rings. The molecule has 8 heteroatoms. The minimum atomic E-state index is -2.81. The van der Waals surface area contributed by atoms with Crippen LogP contribution in [0.15, 0.2) is 60.7 Å². The summed E-state index contributed by atoms with van der Waals surface area (Å²) in [5.41, 5.74) is 2.97. The smallest absolute Gasteiger partial charge is 0.265 e. The summed E-state index contributed by atoms with van der Waals surface area (Å²) in [6, 6.07) is 17.3. The zero-order chi connectivity index (χ0) is 24.4. The molecule has 1 amide bonds. The van der Waals surface area contributed by atoms with Crippen molar-refractivity contribution in [1.29, 1.82) is 0 Å². The van der Waals surface area contributed by atoms with E-state index in [1.807, 2.05) is 48.5 Å². The lowest BCUT2D eigenvalue weighted by Gasteiger charge is -2.21. The largest absolute Gasteiger partial charge is 0.507 e. The van der Waals surface area contributed by atoms with E-state index in [2.05, 4.69) is 5.32 Å². The number of halogens is 2. The number of fused-ring (bicyclic) bond motifs is 1. The number of nitrogens with one attached hydrogen (secondary N) is 1. The predicted octanol–water partition coefficient (Wildman–Crippen LogP) is 5.31. The Morgan fingerprint density at radius 1 is 1.17 bits per heavy atom. The minimum absolute atomic E-state index is 0.0675. The van der Waals surface area contributed by atoms with E-state index in [0.717, 1.165) is 47.7 Å². The van der Waals surface area contributed by atoms with Gasteiger partial charge in [0.1, 0.15) is 23.7 Å². The van der Waals surface area contributed by atoms with Gasteiger partial charge in [0, 0.05) is 30.1 Å². The van der Waals surface area contributed by atoms with Crippen LogP contribution in [0.2, 0.25) is 0 Å². The maximum Gasteiger partial charge on any atom is 0.265 e. The number of hydrogen-bond donors (Lipinski definition) is 2. The Kier molecular flexibility index (Phi) is 6.55. The van der Waals surface area contributed by atoms with Gasteiger partial charge in [-0.05, 0) is 54.3 Å². The van der Waals surface area contributed by atoms with Crippen molar-refractivity contribution in [3.63, 3.8) is 0 Å². The number of phenolic OH excluding ortho intramolecular Hbond substituents is 1. The van der Waals surface area contributed by atoms with Gasteiger partial charge in [-0.15, -0.1) is 0 Å². The summed E-state index contributed by atoms with van der Waals surface area (Å²) in [7, 11) is 0. The summed E-state index contributed by atoms with van der Waals surface area (Å²) < 4.78 is 38.1. The van der Waals surface area contributed by atoms with Crippen molar-refractivity contribution in [1.82, 2.24) is 0 Å². The maximum atomic E-state index is 13.6. The minimum Gasteiger partial charge on any atom is -0.507 e. The number of alkyl halides is 2. The molecule has 182 valence electrons. The number of aromatic hydroxyl groups is 1. The first-order valence-corrected chi connectivity index (χ1v) is 11.6. The van der Waals surface area contributed by atoms with Crippen LogP contribution in [0.25, 0.3) is 0 Å². The second-order valence-electron chi connectivity index (χ2n) is 8.74. The number of carbonyl (C=O) groups is 1. The highest BCUT2D eigenvalue weighted by Crippen LogP contribution is 2.38. The molecule has 0 saturated carbocycles. The molecule has 0 aromatic heterocycles. The molecule has 35 heavy (non-hydrogen) atoms. The maximum absolute atomic E-state index is 13.6. The van der Waals surface area contributed by atoms with Crippen LogP contribution >= 0.6 is 0 Å². The zero-order valence-electron chi connectivity index (χ0n) is 19.0. The molecule has 1 fully saturated rings. The predicted molar refractivity (Wildman–Crippen MR) is 129 cm³/mol. The summed E-state index contributed by atoms with van der Waals surface area (Å²) >= 11 is 0. The third-order valence-corrected chi connectivity index (χ3v) is 6.33. The lowest BCUT2D eigenvalue weighted by molar-refractivity contribution is 0.0981. The number of anilines is 2. The number of benzene rings is 3. The van der Waals surface area contributed by atoms with Crippen LogP contribution in [-0.4, -0.2) is 36.8 Å². The van der Waals surface area contributed by atoms with Crippen molar-refractivity contribution < 1.29 is 28.2 Å². The quantitative estimate of drug-likeness (QED) is 0.480. The zero-order valence-corrected chi connectivity index (χ0v) is 19.0. The molecule has 0 spiro atoms. The van der Waals surface area contributed by atoms with E-state index in [-0.39, 0.29) is 24.0 Å². The number of rotatable bonds is 7. The number of hydrogen-bond acceptors (Lipinski definition) is 5. The molecule has 2 aliphatic heterocycles. The molecule has 0 aliphatic carbocycles. The van der Waals surface area contributed by atoms with Gasteiger partial charge in [0.25, 0.3) is 12.3 Å². The number of ether oxygens (including phenoxy) is 2. The number of amides is 1. The Labute approximate surface area is 202 Å². The van der Waals surface area contributed by atoms with Crippen LogP contribution in [0.3, 0.4) is 0 Å². The van der Waals surface area contributed by atoms with E-state index in [4.69, 9.17) is 9.47 Å². The van der Waals surface area contributed by atoms with Crippen molar-refractivity contribution >= 4 is 17.3 Å². The molecule has 1 saturated heterocycles. The normalized spacial score (nSPS) is 17.0. The highest BCUT2D eigenvalue weighted by molar-refractivity contribution is 6.10. The van der Waals surface area contributed by atoms with Crippen molar-refractivity contribution in [2.24, 2.45) is 0 Å². The van der Waals surface area contributed by atoms with Gasteiger partial charge in [-0.25, -0.2) is 8.78 Å². The second kappa shape index (κ2) is 9.92. The molecule has 1 unspecified atom stereocenters. The highest BCUT2D eigenvalue weighted by Gasteiger charge is 2.31. The molecular formula is C27H26F2N2O4. The lowest BCUT2D eigenvalue weighted by atomic mass is 10.1. The van der Waals surface area contributed by atoms with E-state index < -0.39 is 23.6 Å². The Morgan fingerprint density at radius 3 is 2.74 bits per heavy atom. The standard InChI is InChI=1S/C27H26F2N2O4/c28-26(29)19-13-23(32)25(24(14-19)35-15-17-4-2-1-3-5-17)27(33)31-10-8-18-12-20(6-7-22(18)31)30-21-9-11-34-16-21/h1-7,12-14,21,26,30,32H,8-11,15-16H2. The Bertz CT molecular complexity index is 1210. The summed E-state index contributed by atoms with van der Waals surface area (Å²) in [5.74, 6) is -1.08. The first kappa shape index (κ1) is 23.1. The molecule has 0 radical (unpaired) electrons. The fraction of sp³-hybridized carbons (Fsp3) is 0.296. The Balaban J connectivity index is 1.42. The fourth-order valence-corrected chi connectivity index (χ4v) is 4.53. The van der Waals surface area contributed by atoms with Gasteiger partial charge in [0.2, 0.25) is 0 Å². The topological polar surface area (TPSA) is 71.0 Å².